The summed E-state index contributed by atoms with van der Waals surface area (Å²) < 4.78 is 5.88. The van der Waals surface area contributed by atoms with Crippen LogP contribution >= 0.6 is 0 Å². The molecule has 4 nitrogen and oxygen atoms in total. The summed E-state index contributed by atoms with van der Waals surface area (Å²) >= 11 is 0. The quantitative estimate of drug-likeness (QED) is 0.921. The summed E-state index contributed by atoms with van der Waals surface area (Å²) in [5.41, 5.74) is 2.81. The van der Waals surface area contributed by atoms with Gasteiger partial charge < -0.3 is 15.0 Å². The molecule has 1 saturated heterocycles. The van der Waals surface area contributed by atoms with E-state index in [1.165, 1.54) is 24.0 Å². The van der Waals surface area contributed by atoms with E-state index in [2.05, 4.69) is 17.4 Å². The van der Waals surface area contributed by atoms with Gasteiger partial charge >= 0.3 is 0 Å². The average Bonchev–Trinajstić information content (AvgIpc) is 2.78. The van der Waals surface area contributed by atoms with Crippen molar-refractivity contribution in [3.63, 3.8) is 0 Å². The highest BCUT2D eigenvalue weighted by atomic mass is 16.5. The molecule has 1 aliphatic carbocycles. The molecule has 1 unspecified atom stereocenters. The highest BCUT2D eigenvalue weighted by Gasteiger charge is 2.23. The Bertz CT molecular complexity index is 508. The molecule has 0 radical (unpaired) electrons. The first-order chi connectivity index (χ1) is 10.2. The third kappa shape index (κ3) is 3.38. The van der Waals surface area contributed by atoms with Gasteiger partial charge in [-0.05, 0) is 62.4 Å². The highest BCUT2D eigenvalue weighted by molar-refractivity contribution is 5.81. The first-order valence-corrected chi connectivity index (χ1v) is 8.02. The molecule has 1 amide bonds. The molecule has 1 heterocycles. The summed E-state index contributed by atoms with van der Waals surface area (Å²) in [6, 6.07) is 6.25. The van der Waals surface area contributed by atoms with Gasteiger partial charge in [-0.15, -0.1) is 0 Å². The van der Waals surface area contributed by atoms with Gasteiger partial charge in [-0.1, -0.05) is 6.07 Å². The number of rotatable bonds is 3. The number of amides is 1. The van der Waals surface area contributed by atoms with Gasteiger partial charge in [0.25, 0.3) is 5.91 Å². The fourth-order valence-corrected chi connectivity index (χ4v) is 3.20. The highest BCUT2D eigenvalue weighted by Crippen LogP contribution is 2.26. The minimum atomic E-state index is -0.414. The molecule has 1 aromatic carbocycles. The second-order valence-corrected chi connectivity index (χ2v) is 5.97. The Kier molecular flexibility index (Phi) is 4.44. The monoisotopic (exact) mass is 288 g/mol. The van der Waals surface area contributed by atoms with Gasteiger partial charge in [-0.3, -0.25) is 4.79 Å². The SMILES string of the molecule is CC(Oc1ccc2c(c1)CCC2)C(=O)N1CCCNCC1. The van der Waals surface area contributed by atoms with Gasteiger partial charge in [0.2, 0.25) is 0 Å². The number of benzene rings is 1. The molecule has 1 atom stereocenters. The van der Waals surface area contributed by atoms with Crippen LogP contribution in [0.15, 0.2) is 18.2 Å². The van der Waals surface area contributed by atoms with Crippen molar-refractivity contribution in [2.75, 3.05) is 26.2 Å². The zero-order valence-electron chi connectivity index (χ0n) is 12.7. The molecular weight excluding hydrogens is 264 g/mol. The lowest BCUT2D eigenvalue weighted by Crippen LogP contribution is -2.42. The second kappa shape index (κ2) is 6.48. The van der Waals surface area contributed by atoms with Crippen molar-refractivity contribution >= 4 is 5.91 Å². The molecule has 0 aromatic heterocycles. The van der Waals surface area contributed by atoms with Gasteiger partial charge in [0.15, 0.2) is 6.10 Å². The topological polar surface area (TPSA) is 41.6 Å². The Morgan fingerprint density at radius 3 is 2.95 bits per heavy atom. The Balaban J connectivity index is 1.62. The predicted molar refractivity (Wildman–Crippen MR) is 82.6 cm³/mol. The van der Waals surface area contributed by atoms with Crippen molar-refractivity contribution < 1.29 is 9.53 Å². The normalized spacial score (nSPS) is 19.8. The molecule has 0 saturated carbocycles. The summed E-state index contributed by atoms with van der Waals surface area (Å²) in [5.74, 6) is 0.920. The third-order valence-electron chi connectivity index (χ3n) is 4.38. The number of hydrogen-bond donors (Lipinski definition) is 1. The molecule has 21 heavy (non-hydrogen) atoms. The second-order valence-electron chi connectivity index (χ2n) is 5.97. The van der Waals surface area contributed by atoms with Crippen LogP contribution in [-0.2, 0) is 17.6 Å². The molecule has 2 aliphatic rings. The van der Waals surface area contributed by atoms with Gasteiger partial charge in [0.1, 0.15) is 5.75 Å². The van der Waals surface area contributed by atoms with Crippen molar-refractivity contribution in [3.8, 4) is 5.75 Å². The van der Waals surface area contributed by atoms with Crippen molar-refractivity contribution in [2.45, 2.75) is 38.7 Å². The zero-order valence-corrected chi connectivity index (χ0v) is 12.7. The summed E-state index contributed by atoms with van der Waals surface area (Å²) in [4.78, 5) is 14.4. The zero-order chi connectivity index (χ0) is 14.7. The van der Waals surface area contributed by atoms with Crippen LogP contribution in [0.5, 0.6) is 5.75 Å². The number of nitrogens with zero attached hydrogens (tertiary/aromatic N) is 1. The minimum Gasteiger partial charge on any atom is -0.481 e. The minimum absolute atomic E-state index is 0.0965. The Morgan fingerprint density at radius 1 is 1.19 bits per heavy atom. The maximum absolute atomic E-state index is 12.5. The van der Waals surface area contributed by atoms with Crippen LogP contribution in [0, 0.1) is 0 Å². The van der Waals surface area contributed by atoms with Crippen LogP contribution in [0.2, 0.25) is 0 Å². The van der Waals surface area contributed by atoms with Crippen LogP contribution in [0.4, 0.5) is 0 Å². The number of fused-ring (bicyclic) bond motifs is 1. The molecule has 114 valence electrons. The van der Waals surface area contributed by atoms with E-state index < -0.39 is 6.10 Å². The number of hydrogen-bond acceptors (Lipinski definition) is 3. The summed E-state index contributed by atoms with van der Waals surface area (Å²) in [7, 11) is 0. The molecule has 1 aromatic rings. The van der Waals surface area contributed by atoms with Gasteiger partial charge in [-0.2, -0.15) is 0 Å². The lowest BCUT2D eigenvalue weighted by atomic mass is 10.1. The van der Waals surface area contributed by atoms with Crippen LogP contribution < -0.4 is 10.1 Å². The molecule has 4 heteroatoms. The maximum atomic E-state index is 12.5. The Labute approximate surface area is 126 Å². The average molecular weight is 288 g/mol. The molecule has 1 aliphatic heterocycles. The number of carbonyl (C=O) groups excluding carboxylic acids is 1. The van der Waals surface area contributed by atoms with Gasteiger partial charge in [0, 0.05) is 19.6 Å². The molecule has 0 bridgehead atoms. The van der Waals surface area contributed by atoms with Crippen molar-refractivity contribution in [1.29, 1.82) is 0 Å². The van der Waals surface area contributed by atoms with E-state index in [0.717, 1.165) is 44.8 Å². The first-order valence-electron chi connectivity index (χ1n) is 8.02. The third-order valence-corrected chi connectivity index (χ3v) is 4.38. The van der Waals surface area contributed by atoms with E-state index in [1.54, 1.807) is 0 Å². The molecule has 1 fully saturated rings. The Morgan fingerprint density at radius 2 is 2.05 bits per heavy atom. The van der Waals surface area contributed by atoms with E-state index in [4.69, 9.17) is 4.74 Å². The van der Waals surface area contributed by atoms with Crippen LogP contribution in [0.3, 0.4) is 0 Å². The number of carbonyl (C=O) groups is 1. The lowest BCUT2D eigenvalue weighted by molar-refractivity contribution is -0.137. The fraction of sp³-hybridized carbons (Fsp3) is 0.588. The van der Waals surface area contributed by atoms with Crippen molar-refractivity contribution in [1.82, 2.24) is 10.2 Å². The molecule has 3 rings (SSSR count). The van der Waals surface area contributed by atoms with Crippen LogP contribution in [0.1, 0.15) is 30.9 Å². The van der Waals surface area contributed by atoms with E-state index in [1.807, 2.05) is 17.9 Å². The summed E-state index contributed by atoms with van der Waals surface area (Å²) in [5, 5.41) is 3.31. The number of ether oxygens (including phenoxy) is 1. The van der Waals surface area contributed by atoms with Crippen molar-refractivity contribution in [3.05, 3.63) is 29.3 Å². The standard InChI is InChI=1S/C17H24N2O2/c1-13(17(20)19-10-3-8-18-9-11-19)21-16-7-6-14-4-2-5-15(14)12-16/h6-7,12-13,18H,2-5,8-11H2,1H3. The van der Waals surface area contributed by atoms with Crippen molar-refractivity contribution in [2.24, 2.45) is 0 Å². The van der Waals surface area contributed by atoms with E-state index in [0.29, 0.717) is 0 Å². The first kappa shape index (κ1) is 14.4. The van der Waals surface area contributed by atoms with Gasteiger partial charge in [0.05, 0.1) is 0 Å². The summed E-state index contributed by atoms with van der Waals surface area (Å²) in [6.45, 7) is 5.31. The molecular formula is C17H24N2O2. The molecule has 0 spiro atoms. The Hall–Kier alpha value is -1.55. The maximum Gasteiger partial charge on any atom is 0.263 e. The smallest absolute Gasteiger partial charge is 0.263 e. The fourth-order valence-electron chi connectivity index (χ4n) is 3.20. The van der Waals surface area contributed by atoms with Crippen LogP contribution in [-0.4, -0.2) is 43.1 Å². The van der Waals surface area contributed by atoms with E-state index >= 15 is 0 Å². The van der Waals surface area contributed by atoms with Gasteiger partial charge in [-0.25, -0.2) is 0 Å². The largest absolute Gasteiger partial charge is 0.481 e. The predicted octanol–water partition coefficient (Wildman–Crippen LogP) is 1.76. The molecule has 1 N–H and O–H groups in total. The van der Waals surface area contributed by atoms with Crippen LogP contribution in [0.25, 0.3) is 0 Å². The number of nitrogens with one attached hydrogen (secondary N) is 1. The van der Waals surface area contributed by atoms with E-state index in [9.17, 15) is 4.79 Å². The summed E-state index contributed by atoms with van der Waals surface area (Å²) in [6.07, 6.45) is 4.13. The number of aryl methyl sites for hydroxylation is 2. The van der Waals surface area contributed by atoms with E-state index in [-0.39, 0.29) is 5.91 Å². The lowest BCUT2D eigenvalue weighted by Gasteiger charge is -2.24.